The van der Waals surface area contributed by atoms with Crippen molar-refractivity contribution < 1.29 is 4.39 Å². The Morgan fingerprint density at radius 1 is 1.50 bits per heavy atom. The molecule has 2 nitrogen and oxygen atoms in total. The molecule has 14 heavy (non-hydrogen) atoms. The van der Waals surface area contributed by atoms with Crippen molar-refractivity contribution >= 4 is 5.84 Å². The van der Waals surface area contributed by atoms with Crippen molar-refractivity contribution in [2.45, 2.75) is 20.3 Å². The van der Waals surface area contributed by atoms with E-state index in [1.165, 1.54) is 12.1 Å². The first-order valence-electron chi connectivity index (χ1n) is 4.71. The third-order valence-electron chi connectivity index (χ3n) is 1.98. The number of nitrogens with zero attached hydrogens (tertiary/aromatic N) is 1. The number of benzene rings is 1. The van der Waals surface area contributed by atoms with Gasteiger partial charge in [0.25, 0.3) is 0 Å². The van der Waals surface area contributed by atoms with Crippen molar-refractivity contribution in [3.05, 3.63) is 35.1 Å². The molecule has 0 aliphatic rings. The van der Waals surface area contributed by atoms with Crippen LogP contribution in [0.3, 0.4) is 0 Å². The minimum atomic E-state index is -0.278. The van der Waals surface area contributed by atoms with E-state index in [0.717, 1.165) is 12.0 Å². The van der Waals surface area contributed by atoms with Crippen molar-refractivity contribution in [1.29, 1.82) is 0 Å². The molecule has 2 N–H and O–H groups in total. The Labute approximate surface area is 83.7 Å². The number of halogens is 1. The summed E-state index contributed by atoms with van der Waals surface area (Å²) in [4.78, 5) is 4.14. The second-order valence-corrected chi connectivity index (χ2v) is 3.23. The topological polar surface area (TPSA) is 38.4 Å². The fourth-order valence-electron chi connectivity index (χ4n) is 1.19. The highest BCUT2D eigenvalue weighted by atomic mass is 19.1. The maximum Gasteiger partial charge on any atom is 0.125 e. The first kappa shape index (κ1) is 10.7. The summed E-state index contributed by atoms with van der Waals surface area (Å²) in [5, 5.41) is 0. The number of hydrogen-bond acceptors (Lipinski definition) is 1. The van der Waals surface area contributed by atoms with E-state index in [1.54, 1.807) is 6.07 Å². The number of nitrogens with two attached hydrogens (primary N) is 1. The molecule has 0 bridgehead atoms. The highest BCUT2D eigenvalue weighted by Gasteiger charge is 2.03. The van der Waals surface area contributed by atoms with Gasteiger partial charge in [0.1, 0.15) is 11.7 Å². The highest BCUT2D eigenvalue weighted by molar-refractivity contribution is 5.98. The molecular weight excluding hydrogens is 179 g/mol. The van der Waals surface area contributed by atoms with E-state index in [9.17, 15) is 4.39 Å². The van der Waals surface area contributed by atoms with E-state index in [0.29, 0.717) is 17.9 Å². The van der Waals surface area contributed by atoms with E-state index < -0.39 is 0 Å². The van der Waals surface area contributed by atoms with Gasteiger partial charge in [0, 0.05) is 12.1 Å². The summed E-state index contributed by atoms with van der Waals surface area (Å²) in [5.74, 6) is 0.143. The zero-order valence-corrected chi connectivity index (χ0v) is 8.55. The highest BCUT2D eigenvalue weighted by Crippen LogP contribution is 2.09. The Kier molecular flexibility index (Phi) is 3.63. The lowest BCUT2D eigenvalue weighted by Crippen LogP contribution is -2.15. The largest absolute Gasteiger partial charge is 0.383 e. The van der Waals surface area contributed by atoms with Crippen LogP contribution in [0.25, 0.3) is 0 Å². The predicted molar refractivity (Wildman–Crippen MR) is 57.0 cm³/mol. The minimum absolute atomic E-state index is 0.278. The van der Waals surface area contributed by atoms with Gasteiger partial charge in [-0.25, -0.2) is 4.39 Å². The molecule has 76 valence electrons. The molecule has 0 atom stereocenters. The Morgan fingerprint density at radius 3 is 2.86 bits per heavy atom. The fourth-order valence-corrected chi connectivity index (χ4v) is 1.19. The van der Waals surface area contributed by atoms with Crippen LogP contribution in [0, 0.1) is 12.7 Å². The van der Waals surface area contributed by atoms with Gasteiger partial charge in [0.2, 0.25) is 0 Å². The first-order valence-corrected chi connectivity index (χ1v) is 4.71. The van der Waals surface area contributed by atoms with Gasteiger partial charge in [0.05, 0.1) is 0 Å². The Balaban J connectivity index is 2.99. The van der Waals surface area contributed by atoms with Gasteiger partial charge in [-0.3, -0.25) is 4.99 Å². The van der Waals surface area contributed by atoms with Crippen LogP contribution in [-0.2, 0) is 0 Å². The van der Waals surface area contributed by atoms with E-state index in [4.69, 9.17) is 5.73 Å². The van der Waals surface area contributed by atoms with Crippen molar-refractivity contribution in [3.8, 4) is 0 Å². The lowest BCUT2D eigenvalue weighted by atomic mass is 10.1. The zero-order chi connectivity index (χ0) is 10.6. The molecule has 3 heteroatoms. The fraction of sp³-hybridized carbons (Fsp3) is 0.364. The zero-order valence-electron chi connectivity index (χ0n) is 8.55. The number of aryl methyl sites for hydroxylation is 1. The van der Waals surface area contributed by atoms with Crippen LogP contribution in [0.2, 0.25) is 0 Å². The monoisotopic (exact) mass is 194 g/mol. The quantitative estimate of drug-likeness (QED) is 0.581. The molecule has 0 aromatic heterocycles. The minimum Gasteiger partial charge on any atom is -0.383 e. The van der Waals surface area contributed by atoms with E-state index in [2.05, 4.69) is 4.99 Å². The summed E-state index contributed by atoms with van der Waals surface area (Å²) in [6.07, 6.45) is 0.940. The van der Waals surface area contributed by atoms with E-state index >= 15 is 0 Å². The van der Waals surface area contributed by atoms with Crippen molar-refractivity contribution in [1.82, 2.24) is 0 Å². The van der Waals surface area contributed by atoms with Gasteiger partial charge in [-0.15, -0.1) is 0 Å². The summed E-state index contributed by atoms with van der Waals surface area (Å²) < 4.78 is 12.9. The molecular formula is C11H15FN2. The Morgan fingerprint density at radius 2 is 2.21 bits per heavy atom. The summed E-state index contributed by atoms with van der Waals surface area (Å²) in [6.45, 7) is 4.60. The lowest BCUT2D eigenvalue weighted by Gasteiger charge is -2.04. The van der Waals surface area contributed by atoms with Crippen molar-refractivity contribution in [3.63, 3.8) is 0 Å². The van der Waals surface area contributed by atoms with Crippen LogP contribution in [-0.4, -0.2) is 12.4 Å². The van der Waals surface area contributed by atoms with Gasteiger partial charge >= 0.3 is 0 Å². The molecule has 0 amide bonds. The van der Waals surface area contributed by atoms with Crippen LogP contribution in [0.15, 0.2) is 23.2 Å². The maximum atomic E-state index is 12.9. The third-order valence-corrected chi connectivity index (χ3v) is 1.98. The summed E-state index contributed by atoms with van der Waals surface area (Å²) in [6, 6.07) is 4.55. The number of aliphatic imine (C=N–C) groups is 1. The Hall–Kier alpha value is -1.38. The number of amidine groups is 1. The second kappa shape index (κ2) is 4.74. The standard InChI is InChI=1S/C11H15FN2/c1-3-6-14-11(13)10-7-9(12)5-4-8(10)2/h4-5,7H,3,6H2,1-2H3,(H2,13,14). The SMILES string of the molecule is CCCN=C(N)c1cc(F)ccc1C. The molecule has 1 aromatic carbocycles. The molecule has 0 spiro atoms. The second-order valence-electron chi connectivity index (χ2n) is 3.23. The van der Waals surface area contributed by atoms with Crippen LogP contribution < -0.4 is 5.73 Å². The normalized spacial score (nSPS) is 11.8. The van der Waals surface area contributed by atoms with Crippen LogP contribution in [0.5, 0.6) is 0 Å². The van der Waals surface area contributed by atoms with Gasteiger partial charge < -0.3 is 5.73 Å². The molecule has 0 radical (unpaired) electrons. The van der Waals surface area contributed by atoms with E-state index in [-0.39, 0.29) is 5.82 Å². The number of rotatable bonds is 3. The third kappa shape index (κ3) is 2.55. The maximum absolute atomic E-state index is 12.9. The van der Waals surface area contributed by atoms with Gasteiger partial charge in [0.15, 0.2) is 0 Å². The first-order chi connectivity index (χ1) is 6.65. The van der Waals surface area contributed by atoms with Crippen molar-refractivity contribution in [2.24, 2.45) is 10.7 Å². The predicted octanol–water partition coefficient (Wildman–Crippen LogP) is 2.25. The summed E-state index contributed by atoms with van der Waals surface area (Å²) in [7, 11) is 0. The van der Waals surface area contributed by atoms with Crippen LogP contribution in [0.4, 0.5) is 4.39 Å². The van der Waals surface area contributed by atoms with Gasteiger partial charge in [-0.1, -0.05) is 13.0 Å². The van der Waals surface area contributed by atoms with Gasteiger partial charge in [-0.05, 0) is 31.0 Å². The molecule has 0 aliphatic carbocycles. The van der Waals surface area contributed by atoms with Crippen LogP contribution >= 0.6 is 0 Å². The number of hydrogen-bond donors (Lipinski definition) is 1. The lowest BCUT2D eigenvalue weighted by molar-refractivity contribution is 0.627. The average molecular weight is 194 g/mol. The van der Waals surface area contributed by atoms with Crippen molar-refractivity contribution in [2.75, 3.05) is 6.54 Å². The van der Waals surface area contributed by atoms with Gasteiger partial charge in [-0.2, -0.15) is 0 Å². The molecule has 0 aliphatic heterocycles. The molecule has 0 heterocycles. The smallest absolute Gasteiger partial charge is 0.125 e. The Bertz CT molecular complexity index is 345. The average Bonchev–Trinajstić information content (AvgIpc) is 2.18. The van der Waals surface area contributed by atoms with Crippen LogP contribution in [0.1, 0.15) is 24.5 Å². The molecule has 0 saturated carbocycles. The molecule has 1 aromatic rings. The summed E-state index contributed by atoms with van der Waals surface area (Å²) >= 11 is 0. The molecule has 1 rings (SSSR count). The molecule has 0 unspecified atom stereocenters. The summed E-state index contributed by atoms with van der Waals surface area (Å²) in [5.41, 5.74) is 7.38. The van der Waals surface area contributed by atoms with E-state index in [1.807, 2.05) is 13.8 Å². The molecule has 0 fully saturated rings. The molecule has 0 saturated heterocycles.